The summed E-state index contributed by atoms with van der Waals surface area (Å²) < 4.78 is 21.9. The number of esters is 1. The van der Waals surface area contributed by atoms with Gasteiger partial charge < -0.3 is 28.7 Å². The first kappa shape index (κ1) is 24.9. The second-order valence-corrected chi connectivity index (χ2v) is 9.21. The van der Waals surface area contributed by atoms with E-state index in [0.717, 1.165) is 37.6 Å². The number of hydrogen-bond donors (Lipinski definition) is 1. The van der Waals surface area contributed by atoms with Crippen LogP contribution < -0.4 is 24.7 Å². The Morgan fingerprint density at radius 2 is 1.78 bits per heavy atom. The van der Waals surface area contributed by atoms with Gasteiger partial charge in [0.2, 0.25) is 5.95 Å². The van der Waals surface area contributed by atoms with E-state index in [0.29, 0.717) is 54.6 Å². The molecule has 4 heterocycles. The van der Waals surface area contributed by atoms with E-state index < -0.39 is 5.97 Å². The number of thiophene rings is 1. The Morgan fingerprint density at radius 1 is 1.03 bits per heavy atom. The van der Waals surface area contributed by atoms with Crippen molar-refractivity contribution < 1.29 is 23.7 Å². The SMILES string of the molecule is COc1cc(/C=N/Nc2cc(N3CCOCC3)nc(N3CCOCC3)n2)ccc1OC(=O)c1cccs1. The molecular weight excluding hydrogens is 496 g/mol. The van der Waals surface area contributed by atoms with Gasteiger partial charge in [0.05, 0.1) is 39.8 Å². The van der Waals surface area contributed by atoms with Crippen molar-refractivity contribution in [1.82, 2.24) is 9.97 Å². The van der Waals surface area contributed by atoms with Gasteiger partial charge in [0.25, 0.3) is 0 Å². The third-order valence-corrected chi connectivity index (χ3v) is 6.69. The second-order valence-electron chi connectivity index (χ2n) is 8.26. The third kappa shape index (κ3) is 6.34. The van der Waals surface area contributed by atoms with Crippen molar-refractivity contribution in [2.45, 2.75) is 0 Å². The van der Waals surface area contributed by atoms with Crippen molar-refractivity contribution >= 4 is 41.1 Å². The molecule has 2 fully saturated rings. The molecule has 0 unspecified atom stereocenters. The molecule has 0 bridgehead atoms. The van der Waals surface area contributed by atoms with Crippen LogP contribution in [-0.4, -0.2) is 81.9 Å². The highest BCUT2D eigenvalue weighted by Crippen LogP contribution is 2.29. The fourth-order valence-corrected chi connectivity index (χ4v) is 4.50. The Labute approximate surface area is 218 Å². The lowest BCUT2D eigenvalue weighted by molar-refractivity contribution is 0.0735. The first-order valence-electron chi connectivity index (χ1n) is 12.0. The summed E-state index contributed by atoms with van der Waals surface area (Å²) in [6.07, 6.45) is 1.65. The van der Waals surface area contributed by atoms with Crippen molar-refractivity contribution in [3.05, 3.63) is 52.2 Å². The number of carbonyl (C=O) groups excluding carboxylic acids is 1. The summed E-state index contributed by atoms with van der Waals surface area (Å²) in [7, 11) is 1.53. The van der Waals surface area contributed by atoms with Gasteiger partial charge in [-0.15, -0.1) is 11.3 Å². The zero-order chi connectivity index (χ0) is 25.5. The number of nitrogens with one attached hydrogen (secondary N) is 1. The van der Waals surface area contributed by atoms with Gasteiger partial charge >= 0.3 is 5.97 Å². The Morgan fingerprint density at radius 3 is 2.49 bits per heavy atom. The summed E-state index contributed by atoms with van der Waals surface area (Å²) in [4.78, 5) is 26.6. The standard InChI is InChI=1S/C25H28N6O5S/c1-33-20-15-18(4-5-19(20)36-24(32)21-3-2-14-37-21)17-26-29-22-16-23(30-6-10-34-11-7-30)28-25(27-22)31-8-12-35-13-9-31/h2-5,14-17H,6-13H2,1H3,(H,27,28,29)/b26-17+. The van der Waals surface area contributed by atoms with Crippen LogP contribution in [0.15, 0.2) is 46.9 Å². The molecule has 0 aliphatic carbocycles. The molecule has 11 nitrogen and oxygen atoms in total. The largest absolute Gasteiger partial charge is 0.493 e. The van der Waals surface area contributed by atoms with Crippen molar-refractivity contribution in [2.75, 3.05) is 74.9 Å². The van der Waals surface area contributed by atoms with Gasteiger partial charge in [0.15, 0.2) is 17.3 Å². The van der Waals surface area contributed by atoms with Crippen molar-refractivity contribution in [1.29, 1.82) is 0 Å². The smallest absolute Gasteiger partial charge is 0.353 e. The predicted octanol–water partition coefficient (Wildman–Crippen LogP) is 2.89. The third-order valence-electron chi connectivity index (χ3n) is 5.84. The molecule has 0 atom stereocenters. The Kier molecular flexibility index (Phi) is 8.08. The fraction of sp³-hybridized carbons (Fsp3) is 0.360. The molecule has 12 heteroatoms. The number of aromatic nitrogens is 2. The summed E-state index contributed by atoms with van der Waals surface area (Å²) in [5, 5.41) is 6.20. The van der Waals surface area contributed by atoms with Gasteiger partial charge in [0, 0.05) is 32.2 Å². The van der Waals surface area contributed by atoms with Crippen LogP contribution >= 0.6 is 11.3 Å². The van der Waals surface area contributed by atoms with Gasteiger partial charge in [-0.3, -0.25) is 5.43 Å². The number of hydrogen-bond acceptors (Lipinski definition) is 12. The summed E-state index contributed by atoms with van der Waals surface area (Å²) in [5.74, 6) is 2.40. The number of carbonyl (C=O) groups is 1. The van der Waals surface area contributed by atoms with Gasteiger partial charge in [-0.25, -0.2) is 4.79 Å². The highest BCUT2D eigenvalue weighted by atomic mass is 32.1. The maximum absolute atomic E-state index is 12.3. The number of ether oxygens (including phenoxy) is 4. The topological polar surface area (TPSA) is 111 Å². The normalized spacial score (nSPS) is 16.1. The first-order chi connectivity index (χ1) is 18.2. The number of methoxy groups -OCH3 is 1. The van der Waals surface area contributed by atoms with Crippen LogP contribution in [0.25, 0.3) is 0 Å². The van der Waals surface area contributed by atoms with E-state index in [4.69, 9.17) is 23.9 Å². The van der Waals surface area contributed by atoms with Crippen LogP contribution in [0.1, 0.15) is 15.2 Å². The minimum Gasteiger partial charge on any atom is -0.493 e. The number of hydrazone groups is 1. The minimum absolute atomic E-state index is 0.340. The van der Waals surface area contributed by atoms with Crippen molar-refractivity contribution in [2.24, 2.45) is 5.10 Å². The molecule has 37 heavy (non-hydrogen) atoms. The molecule has 2 aliphatic rings. The summed E-state index contributed by atoms with van der Waals surface area (Å²) in [6.45, 7) is 5.63. The van der Waals surface area contributed by atoms with E-state index in [9.17, 15) is 4.79 Å². The molecule has 2 aromatic heterocycles. The highest BCUT2D eigenvalue weighted by molar-refractivity contribution is 7.12. The van der Waals surface area contributed by atoms with Crippen LogP contribution in [0.5, 0.6) is 11.5 Å². The maximum Gasteiger partial charge on any atom is 0.353 e. The lowest BCUT2D eigenvalue weighted by Gasteiger charge is -2.31. The van der Waals surface area contributed by atoms with E-state index in [1.165, 1.54) is 18.4 Å². The Hall–Kier alpha value is -3.74. The van der Waals surface area contributed by atoms with E-state index in [2.05, 4.69) is 25.3 Å². The van der Waals surface area contributed by atoms with E-state index >= 15 is 0 Å². The Bertz CT molecular complexity index is 1190. The average molecular weight is 525 g/mol. The number of morpholine rings is 2. The lowest BCUT2D eigenvalue weighted by Crippen LogP contribution is -2.39. The number of anilines is 3. The number of rotatable bonds is 8. The predicted molar refractivity (Wildman–Crippen MR) is 142 cm³/mol. The van der Waals surface area contributed by atoms with Gasteiger partial charge in [-0.1, -0.05) is 6.07 Å². The van der Waals surface area contributed by atoms with E-state index in [1.807, 2.05) is 11.4 Å². The summed E-state index contributed by atoms with van der Waals surface area (Å²) in [6, 6.07) is 10.6. The molecule has 1 aromatic carbocycles. The molecule has 0 amide bonds. The van der Waals surface area contributed by atoms with Crippen LogP contribution in [0, 0.1) is 0 Å². The maximum atomic E-state index is 12.3. The second kappa shape index (κ2) is 12.0. The molecule has 0 spiro atoms. The van der Waals surface area contributed by atoms with Gasteiger partial charge in [-0.05, 0) is 35.2 Å². The summed E-state index contributed by atoms with van der Waals surface area (Å²) in [5.41, 5.74) is 3.79. The average Bonchev–Trinajstić information content (AvgIpc) is 3.50. The lowest BCUT2D eigenvalue weighted by atomic mass is 10.2. The molecule has 194 valence electrons. The monoisotopic (exact) mass is 524 g/mol. The first-order valence-corrected chi connectivity index (χ1v) is 12.8. The highest BCUT2D eigenvalue weighted by Gasteiger charge is 2.19. The van der Waals surface area contributed by atoms with Gasteiger partial charge in [-0.2, -0.15) is 15.1 Å². The zero-order valence-electron chi connectivity index (χ0n) is 20.5. The van der Waals surface area contributed by atoms with Crippen molar-refractivity contribution in [3.8, 4) is 11.5 Å². The zero-order valence-corrected chi connectivity index (χ0v) is 21.3. The molecule has 2 aliphatic heterocycles. The van der Waals surface area contributed by atoms with Crippen LogP contribution in [0.2, 0.25) is 0 Å². The molecule has 1 N–H and O–H groups in total. The molecule has 0 saturated carbocycles. The minimum atomic E-state index is -0.424. The van der Waals surface area contributed by atoms with Crippen LogP contribution in [0.3, 0.4) is 0 Å². The quantitative estimate of drug-likeness (QED) is 0.204. The summed E-state index contributed by atoms with van der Waals surface area (Å²) >= 11 is 1.32. The molecular formula is C25H28N6O5S. The van der Waals surface area contributed by atoms with Gasteiger partial charge in [0.1, 0.15) is 10.7 Å². The van der Waals surface area contributed by atoms with E-state index in [1.54, 1.807) is 36.5 Å². The molecule has 2 saturated heterocycles. The Balaban J connectivity index is 1.31. The molecule has 0 radical (unpaired) electrons. The van der Waals surface area contributed by atoms with E-state index in [-0.39, 0.29) is 0 Å². The number of benzene rings is 1. The molecule has 3 aromatic rings. The van der Waals surface area contributed by atoms with Crippen LogP contribution in [0.4, 0.5) is 17.6 Å². The van der Waals surface area contributed by atoms with Crippen LogP contribution in [-0.2, 0) is 9.47 Å². The number of nitrogens with zero attached hydrogens (tertiary/aromatic N) is 5. The molecule has 5 rings (SSSR count). The van der Waals surface area contributed by atoms with Crippen molar-refractivity contribution in [3.63, 3.8) is 0 Å². The fourth-order valence-electron chi connectivity index (χ4n) is 3.91.